The van der Waals surface area contributed by atoms with Gasteiger partial charge in [0.25, 0.3) is 5.92 Å². The molecule has 78 valence electrons. The molecule has 0 unspecified atom stereocenters. The fourth-order valence-corrected chi connectivity index (χ4v) is 1.63. The van der Waals surface area contributed by atoms with Crippen LogP contribution in [-0.2, 0) is 6.54 Å². The van der Waals surface area contributed by atoms with Gasteiger partial charge in [-0.25, -0.2) is 8.78 Å². The highest BCUT2D eigenvalue weighted by Gasteiger charge is 2.44. The Balaban J connectivity index is 1.74. The lowest BCUT2D eigenvalue weighted by Crippen LogP contribution is -2.48. The number of halogens is 2. The first-order valence-corrected chi connectivity index (χ1v) is 4.72. The van der Waals surface area contributed by atoms with E-state index in [-0.39, 0.29) is 18.9 Å². The number of hydrogen-bond donors (Lipinski definition) is 1. The zero-order valence-corrected chi connectivity index (χ0v) is 8.02. The number of aryl methyl sites for hydroxylation is 1. The molecule has 1 aliphatic rings. The Morgan fingerprint density at radius 1 is 1.50 bits per heavy atom. The highest BCUT2D eigenvalue weighted by atomic mass is 19.3. The van der Waals surface area contributed by atoms with Gasteiger partial charge in [0.2, 0.25) is 0 Å². The molecule has 1 aromatic rings. The molecule has 1 heterocycles. The maximum absolute atomic E-state index is 12.5. The standard InChI is InChI=1S/C10H13F2NO/c1-7-2-3-9(14-7)6-13-8-4-10(11,12)5-8/h2-3,8,13H,4-6H2,1H3. The van der Waals surface area contributed by atoms with Gasteiger partial charge in [0.1, 0.15) is 11.5 Å². The van der Waals surface area contributed by atoms with Crippen LogP contribution in [0.25, 0.3) is 0 Å². The fourth-order valence-electron chi connectivity index (χ4n) is 1.63. The average Bonchev–Trinajstić information content (AvgIpc) is 2.44. The van der Waals surface area contributed by atoms with Gasteiger partial charge in [0.05, 0.1) is 6.54 Å². The molecule has 14 heavy (non-hydrogen) atoms. The van der Waals surface area contributed by atoms with Crippen molar-refractivity contribution in [3.05, 3.63) is 23.7 Å². The van der Waals surface area contributed by atoms with Crippen molar-refractivity contribution in [3.63, 3.8) is 0 Å². The van der Waals surface area contributed by atoms with Crippen molar-refractivity contribution in [2.75, 3.05) is 0 Å². The summed E-state index contributed by atoms with van der Waals surface area (Å²) in [7, 11) is 0. The molecule has 0 spiro atoms. The van der Waals surface area contributed by atoms with Gasteiger partial charge in [-0.05, 0) is 19.1 Å². The van der Waals surface area contributed by atoms with Gasteiger partial charge in [0.15, 0.2) is 0 Å². The van der Waals surface area contributed by atoms with Crippen molar-refractivity contribution < 1.29 is 13.2 Å². The van der Waals surface area contributed by atoms with E-state index < -0.39 is 5.92 Å². The van der Waals surface area contributed by atoms with E-state index in [0.717, 1.165) is 11.5 Å². The van der Waals surface area contributed by atoms with Gasteiger partial charge in [0, 0.05) is 18.9 Å². The van der Waals surface area contributed by atoms with Gasteiger partial charge in [-0.1, -0.05) is 0 Å². The first-order valence-electron chi connectivity index (χ1n) is 4.72. The molecule has 4 heteroatoms. The van der Waals surface area contributed by atoms with E-state index >= 15 is 0 Å². The molecule has 0 aliphatic heterocycles. The van der Waals surface area contributed by atoms with Gasteiger partial charge in [-0.3, -0.25) is 0 Å². The molecule has 0 aromatic carbocycles. The Morgan fingerprint density at radius 3 is 2.71 bits per heavy atom. The largest absolute Gasteiger partial charge is 0.465 e. The molecule has 0 saturated heterocycles. The summed E-state index contributed by atoms with van der Waals surface area (Å²) < 4.78 is 30.2. The summed E-state index contributed by atoms with van der Waals surface area (Å²) >= 11 is 0. The van der Waals surface area contributed by atoms with Crippen molar-refractivity contribution >= 4 is 0 Å². The minimum Gasteiger partial charge on any atom is -0.465 e. The van der Waals surface area contributed by atoms with Crippen LogP contribution >= 0.6 is 0 Å². The van der Waals surface area contributed by atoms with Gasteiger partial charge < -0.3 is 9.73 Å². The molecule has 2 nitrogen and oxygen atoms in total. The van der Waals surface area contributed by atoms with Crippen LogP contribution in [0.15, 0.2) is 16.5 Å². The molecule has 0 atom stereocenters. The SMILES string of the molecule is Cc1ccc(CNC2CC(F)(F)C2)o1. The highest BCUT2D eigenvalue weighted by molar-refractivity contribution is 5.05. The first kappa shape index (κ1) is 9.65. The number of rotatable bonds is 3. The van der Waals surface area contributed by atoms with E-state index in [1.54, 1.807) is 0 Å². The predicted molar refractivity (Wildman–Crippen MR) is 48.3 cm³/mol. The van der Waals surface area contributed by atoms with E-state index in [1.807, 2.05) is 19.1 Å². The summed E-state index contributed by atoms with van der Waals surface area (Å²) in [5, 5.41) is 3.03. The third kappa shape index (κ3) is 2.12. The lowest BCUT2D eigenvalue weighted by atomic mass is 9.88. The lowest BCUT2D eigenvalue weighted by Gasteiger charge is -2.35. The topological polar surface area (TPSA) is 25.2 Å². The Bertz CT molecular complexity index is 314. The van der Waals surface area contributed by atoms with E-state index in [4.69, 9.17) is 4.42 Å². The molecule has 1 saturated carbocycles. The lowest BCUT2D eigenvalue weighted by molar-refractivity contribution is -0.0932. The Kier molecular flexibility index (Phi) is 2.31. The van der Waals surface area contributed by atoms with E-state index in [1.165, 1.54) is 0 Å². The van der Waals surface area contributed by atoms with Gasteiger partial charge in [-0.15, -0.1) is 0 Å². The van der Waals surface area contributed by atoms with Crippen molar-refractivity contribution in [2.45, 2.75) is 38.3 Å². The quantitative estimate of drug-likeness (QED) is 0.812. The van der Waals surface area contributed by atoms with Gasteiger partial charge >= 0.3 is 0 Å². The minimum absolute atomic E-state index is 0.0489. The summed E-state index contributed by atoms with van der Waals surface area (Å²) in [5.74, 6) is -0.796. The van der Waals surface area contributed by atoms with Crippen molar-refractivity contribution in [1.29, 1.82) is 0 Å². The smallest absolute Gasteiger partial charge is 0.251 e. The van der Waals surface area contributed by atoms with Gasteiger partial charge in [-0.2, -0.15) is 0 Å². The number of alkyl halides is 2. The third-order valence-corrected chi connectivity index (χ3v) is 2.45. The molecule has 0 amide bonds. The number of hydrogen-bond acceptors (Lipinski definition) is 2. The Hall–Kier alpha value is -0.900. The molecular weight excluding hydrogens is 188 g/mol. The van der Waals surface area contributed by atoms with E-state index in [0.29, 0.717) is 6.54 Å². The van der Waals surface area contributed by atoms with Crippen molar-refractivity contribution in [1.82, 2.24) is 5.32 Å². The molecule has 1 aromatic heterocycles. The summed E-state index contributed by atoms with van der Waals surface area (Å²) in [6, 6.07) is 3.67. The second kappa shape index (κ2) is 3.35. The monoisotopic (exact) mass is 201 g/mol. The normalized spacial score (nSPS) is 20.8. The molecule has 1 aliphatic carbocycles. The Morgan fingerprint density at radius 2 is 2.21 bits per heavy atom. The summed E-state index contributed by atoms with van der Waals surface area (Å²) in [6.07, 6.45) is -0.0978. The number of nitrogens with one attached hydrogen (secondary N) is 1. The average molecular weight is 201 g/mol. The maximum atomic E-state index is 12.5. The molecule has 2 rings (SSSR count). The van der Waals surface area contributed by atoms with Crippen LogP contribution in [0.5, 0.6) is 0 Å². The zero-order chi connectivity index (χ0) is 10.2. The molecule has 1 N–H and O–H groups in total. The highest BCUT2D eigenvalue weighted by Crippen LogP contribution is 2.37. The second-order valence-corrected chi connectivity index (χ2v) is 3.85. The van der Waals surface area contributed by atoms with Crippen molar-refractivity contribution in [3.8, 4) is 0 Å². The van der Waals surface area contributed by atoms with Crippen LogP contribution in [0.3, 0.4) is 0 Å². The minimum atomic E-state index is -2.45. The van der Waals surface area contributed by atoms with Crippen LogP contribution in [0.4, 0.5) is 8.78 Å². The predicted octanol–water partition coefficient (Wildman–Crippen LogP) is 2.48. The number of furan rings is 1. The van der Waals surface area contributed by atoms with Crippen LogP contribution in [0, 0.1) is 6.92 Å². The molecular formula is C10H13F2NO. The van der Waals surface area contributed by atoms with Crippen LogP contribution in [0.2, 0.25) is 0 Å². The van der Waals surface area contributed by atoms with Crippen LogP contribution in [0.1, 0.15) is 24.4 Å². The second-order valence-electron chi connectivity index (χ2n) is 3.85. The zero-order valence-electron chi connectivity index (χ0n) is 8.02. The first-order chi connectivity index (χ1) is 6.55. The van der Waals surface area contributed by atoms with E-state index in [9.17, 15) is 8.78 Å². The third-order valence-electron chi connectivity index (χ3n) is 2.45. The molecule has 1 fully saturated rings. The molecule has 0 radical (unpaired) electrons. The fraction of sp³-hybridized carbons (Fsp3) is 0.600. The van der Waals surface area contributed by atoms with Crippen LogP contribution in [-0.4, -0.2) is 12.0 Å². The summed E-state index contributed by atoms with van der Waals surface area (Å²) in [4.78, 5) is 0. The van der Waals surface area contributed by atoms with E-state index in [2.05, 4.69) is 5.32 Å². The summed E-state index contributed by atoms with van der Waals surface area (Å²) in [5.41, 5.74) is 0. The molecule has 0 bridgehead atoms. The van der Waals surface area contributed by atoms with Crippen molar-refractivity contribution in [2.24, 2.45) is 0 Å². The summed E-state index contributed by atoms with van der Waals surface area (Å²) in [6.45, 7) is 2.40. The van der Waals surface area contributed by atoms with Crippen LogP contribution < -0.4 is 5.32 Å². The maximum Gasteiger partial charge on any atom is 0.251 e. The Labute approximate surface area is 81.3 Å².